The molecular weight excluding hydrogens is 322 g/mol. The van der Waals surface area contributed by atoms with E-state index in [1.165, 1.54) is 11.3 Å². The molecule has 0 spiro atoms. The van der Waals surface area contributed by atoms with Gasteiger partial charge in [0.15, 0.2) is 5.76 Å². The van der Waals surface area contributed by atoms with Gasteiger partial charge in [0.2, 0.25) is 0 Å². The first-order chi connectivity index (χ1) is 10.4. The van der Waals surface area contributed by atoms with Crippen molar-refractivity contribution in [3.05, 3.63) is 34.5 Å². The quantitative estimate of drug-likeness (QED) is 0.849. The molecule has 1 aliphatic rings. The molecule has 0 radical (unpaired) electrons. The van der Waals surface area contributed by atoms with Crippen LogP contribution in [0.1, 0.15) is 16.3 Å². The largest absolute Gasteiger partial charge is 0.360 e. The van der Waals surface area contributed by atoms with Crippen LogP contribution in [0, 0.1) is 13.8 Å². The summed E-state index contributed by atoms with van der Waals surface area (Å²) in [7, 11) is -3.34. The van der Waals surface area contributed by atoms with Gasteiger partial charge in [-0.2, -0.15) is 4.31 Å². The first kappa shape index (κ1) is 15.7. The lowest BCUT2D eigenvalue weighted by molar-refractivity contribution is 0.166. The minimum atomic E-state index is -3.34. The SMILES string of the molecule is Cc1cc(CN2CCN(S(=O)(=O)c3ccc(C)s3)CC2)on1. The third kappa shape index (κ3) is 3.24. The van der Waals surface area contributed by atoms with E-state index in [-0.39, 0.29) is 0 Å². The summed E-state index contributed by atoms with van der Waals surface area (Å²) in [5.74, 6) is 0.822. The second-order valence-corrected chi connectivity index (χ2v) is 8.93. The van der Waals surface area contributed by atoms with Gasteiger partial charge in [0.25, 0.3) is 10.0 Å². The van der Waals surface area contributed by atoms with Crippen LogP contribution in [0.2, 0.25) is 0 Å². The van der Waals surface area contributed by atoms with Crippen LogP contribution in [0.5, 0.6) is 0 Å². The third-order valence-corrected chi connectivity index (χ3v) is 7.06. The second-order valence-electron chi connectivity index (χ2n) is 5.48. The Morgan fingerprint density at radius 3 is 2.50 bits per heavy atom. The Labute approximate surface area is 134 Å². The maximum Gasteiger partial charge on any atom is 0.252 e. The molecule has 0 unspecified atom stereocenters. The molecule has 0 saturated carbocycles. The van der Waals surface area contributed by atoms with E-state index in [0.717, 1.165) is 16.3 Å². The van der Waals surface area contributed by atoms with Crippen LogP contribution in [0.4, 0.5) is 0 Å². The summed E-state index contributed by atoms with van der Waals surface area (Å²) in [6, 6.07) is 5.45. The number of aromatic nitrogens is 1. The van der Waals surface area contributed by atoms with Crippen molar-refractivity contribution in [2.45, 2.75) is 24.6 Å². The van der Waals surface area contributed by atoms with E-state index in [9.17, 15) is 8.42 Å². The second kappa shape index (κ2) is 6.11. The normalized spacial score (nSPS) is 17.9. The molecule has 3 rings (SSSR count). The van der Waals surface area contributed by atoms with Gasteiger partial charge in [-0.05, 0) is 26.0 Å². The van der Waals surface area contributed by atoms with Crippen LogP contribution in [-0.4, -0.2) is 49.0 Å². The molecule has 0 N–H and O–H groups in total. The summed E-state index contributed by atoms with van der Waals surface area (Å²) in [5, 5.41) is 3.87. The van der Waals surface area contributed by atoms with Gasteiger partial charge < -0.3 is 4.52 Å². The van der Waals surface area contributed by atoms with Gasteiger partial charge in [0, 0.05) is 37.1 Å². The van der Waals surface area contributed by atoms with E-state index in [0.29, 0.717) is 36.9 Å². The third-order valence-electron chi connectivity index (χ3n) is 3.70. The fourth-order valence-corrected chi connectivity index (χ4v) is 5.38. The average Bonchev–Trinajstić information content (AvgIpc) is 3.09. The lowest BCUT2D eigenvalue weighted by Gasteiger charge is -2.33. The van der Waals surface area contributed by atoms with Crippen LogP contribution in [-0.2, 0) is 16.6 Å². The van der Waals surface area contributed by atoms with Crippen molar-refractivity contribution in [1.29, 1.82) is 0 Å². The summed E-state index contributed by atoms with van der Waals surface area (Å²) in [6.45, 7) is 6.89. The molecule has 2 aromatic rings. The molecule has 0 aliphatic carbocycles. The van der Waals surface area contributed by atoms with Crippen LogP contribution in [0.3, 0.4) is 0 Å². The first-order valence-corrected chi connectivity index (χ1v) is 9.42. The van der Waals surface area contributed by atoms with E-state index < -0.39 is 10.0 Å². The summed E-state index contributed by atoms with van der Waals surface area (Å²) < 4.78 is 32.3. The number of aryl methyl sites for hydroxylation is 2. The Balaban J connectivity index is 1.61. The Bertz CT molecular complexity index is 743. The van der Waals surface area contributed by atoms with E-state index in [1.54, 1.807) is 10.4 Å². The molecule has 0 amide bonds. The van der Waals surface area contributed by atoms with Crippen molar-refractivity contribution >= 4 is 21.4 Å². The monoisotopic (exact) mass is 341 g/mol. The molecule has 0 aromatic carbocycles. The zero-order chi connectivity index (χ0) is 15.7. The van der Waals surface area contributed by atoms with Gasteiger partial charge >= 0.3 is 0 Å². The van der Waals surface area contributed by atoms with Crippen LogP contribution in [0.25, 0.3) is 0 Å². The molecule has 0 bridgehead atoms. The van der Waals surface area contributed by atoms with E-state index >= 15 is 0 Å². The van der Waals surface area contributed by atoms with Crippen LogP contribution < -0.4 is 0 Å². The highest BCUT2D eigenvalue weighted by atomic mass is 32.2. The van der Waals surface area contributed by atoms with Crippen LogP contribution in [0.15, 0.2) is 26.9 Å². The molecular formula is C14H19N3O3S2. The fraction of sp³-hybridized carbons (Fsp3) is 0.500. The number of rotatable bonds is 4. The Morgan fingerprint density at radius 1 is 1.23 bits per heavy atom. The zero-order valence-corrected chi connectivity index (χ0v) is 14.3. The molecule has 8 heteroatoms. The van der Waals surface area contributed by atoms with E-state index in [2.05, 4.69) is 10.1 Å². The van der Waals surface area contributed by atoms with E-state index in [1.807, 2.05) is 26.0 Å². The van der Waals surface area contributed by atoms with Crippen molar-refractivity contribution in [3.63, 3.8) is 0 Å². The molecule has 2 aromatic heterocycles. The predicted octanol–water partition coefficient (Wildman–Crippen LogP) is 1.86. The van der Waals surface area contributed by atoms with Gasteiger partial charge in [0.05, 0.1) is 12.2 Å². The van der Waals surface area contributed by atoms with Crippen molar-refractivity contribution in [1.82, 2.24) is 14.4 Å². The number of hydrogen-bond acceptors (Lipinski definition) is 6. The molecule has 1 fully saturated rings. The van der Waals surface area contributed by atoms with Gasteiger partial charge in [-0.1, -0.05) is 5.16 Å². The molecule has 3 heterocycles. The Hall–Kier alpha value is -1.22. The number of hydrogen-bond donors (Lipinski definition) is 0. The smallest absolute Gasteiger partial charge is 0.252 e. The van der Waals surface area contributed by atoms with Gasteiger partial charge in [-0.15, -0.1) is 11.3 Å². The molecule has 6 nitrogen and oxygen atoms in total. The summed E-state index contributed by atoms with van der Waals surface area (Å²) in [4.78, 5) is 3.20. The van der Waals surface area contributed by atoms with Crippen molar-refractivity contribution in [3.8, 4) is 0 Å². The average molecular weight is 341 g/mol. The number of piperazine rings is 1. The lowest BCUT2D eigenvalue weighted by Crippen LogP contribution is -2.47. The predicted molar refractivity (Wildman–Crippen MR) is 84.3 cm³/mol. The number of thiophene rings is 1. The molecule has 22 heavy (non-hydrogen) atoms. The summed E-state index contributed by atoms with van der Waals surface area (Å²) in [6.07, 6.45) is 0. The maximum absolute atomic E-state index is 12.6. The fourth-order valence-electron chi connectivity index (χ4n) is 2.52. The molecule has 1 saturated heterocycles. The Kier molecular flexibility index (Phi) is 4.35. The van der Waals surface area contributed by atoms with Crippen molar-refractivity contribution in [2.24, 2.45) is 0 Å². The molecule has 0 atom stereocenters. The van der Waals surface area contributed by atoms with Crippen molar-refractivity contribution < 1.29 is 12.9 Å². The minimum Gasteiger partial charge on any atom is -0.360 e. The highest BCUT2D eigenvalue weighted by molar-refractivity contribution is 7.91. The van der Waals surface area contributed by atoms with Crippen LogP contribution >= 0.6 is 11.3 Å². The summed E-state index contributed by atoms with van der Waals surface area (Å²) >= 11 is 1.33. The lowest BCUT2D eigenvalue weighted by atomic mass is 10.3. The first-order valence-electron chi connectivity index (χ1n) is 7.16. The minimum absolute atomic E-state index is 0.435. The zero-order valence-electron chi connectivity index (χ0n) is 12.7. The summed E-state index contributed by atoms with van der Waals surface area (Å²) in [5.41, 5.74) is 0.865. The number of nitrogens with zero attached hydrogens (tertiary/aromatic N) is 3. The molecule has 120 valence electrons. The highest BCUT2D eigenvalue weighted by Crippen LogP contribution is 2.25. The topological polar surface area (TPSA) is 66.7 Å². The molecule has 1 aliphatic heterocycles. The number of sulfonamides is 1. The van der Waals surface area contributed by atoms with Gasteiger partial charge in [-0.3, -0.25) is 4.90 Å². The van der Waals surface area contributed by atoms with Crippen molar-refractivity contribution in [2.75, 3.05) is 26.2 Å². The Morgan fingerprint density at radius 2 is 1.95 bits per heavy atom. The van der Waals surface area contributed by atoms with Gasteiger partial charge in [0.1, 0.15) is 4.21 Å². The van der Waals surface area contributed by atoms with Gasteiger partial charge in [-0.25, -0.2) is 8.42 Å². The van der Waals surface area contributed by atoms with E-state index in [4.69, 9.17) is 4.52 Å². The highest BCUT2D eigenvalue weighted by Gasteiger charge is 2.29. The standard InChI is InChI=1S/C14H19N3O3S2/c1-11-9-13(20-15-11)10-16-5-7-17(8-6-16)22(18,19)14-4-3-12(2)21-14/h3-4,9H,5-8,10H2,1-2H3. The maximum atomic E-state index is 12.6.